The smallest absolute Gasteiger partial charge is 0.262 e. The normalized spacial score (nSPS) is 14.4. The number of carbonyl (C=O) groups excluding carboxylic acids is 1. The van der Waals surface area contributed by atoms with Crippen LogP contribution in [0.15, 0.2) is 16.5 Å². The maximum atomic E-state index is 12.8. The zero-order valence-electron chi connectivity index (χ0n) is 13.5. The van der Waals surface area contributed by atoms with Gasteiger partial charge in [0.15, 0.2) is 11.7 Å². The molecule has 8 heteroatoms. The number of nitriles is 1. The van der Waals surface area contributed by atoms with E-state index in [1.807, 2.05) is 13.0 Å². The average molecular weight is 370 g/mol. The Morgan fingerprint density at radius 1 is 1.48 bits per heavy atom. The van der Waals surface area contributed by atoms with Crippen molar-refractivity contribution in [2.75, 3.05) is 0 Å². The van der Waals surface area contributed by atoms with Crippen molar-refractivity contribution in [2.45, 2.75) is 38.6 Å². The van der Waals surface area contributed by atoms with Gasteiger partial charge >= 0.3 is 0 Å². The molecule has 0 bridgehead atoms. The third kappa shape index (κ3) is 2.69. The van der Waals surface area contributed by atoms with E-state index < -0.39 is 5.92 Å². The van der Waals surface area contributed by atoms with Gasteiger partial charge in [0.25, 0.3) is 5.56 Å². The molecule has 0 saturated heterocycles. The highest BCUT2D eigenvalue weighted by atomic mass is 32.1. The van der Waals surface area contributed by atoms with E-state index in [1.54, 1.807) is 16.7 Å². The Labute approximate surface area is 151 Å². The highest BCUT2D eigenvalue weighted by Crippen LogP contribution is 2.34. The zero-order chi connectivity index (χ0) is 17.6. The Morgan fingerprint density at radius 2 is 2.32 bits per heavy atom. The van der Waals surface area contributed by atoms with E-state index in [0.717, 1.165) is 35.4 Å². The maximum absolute atomic E-state index is 12.8. The Balaban J connectivity index is 1.68. The van der Waals surface area contributed by atoms with Crippen LogP contribution >= 0.6 is 22.7 Å². The van der Waals surface area contributed by atoms with Crippen LogP contribution < -0.4 is 5.56 Å². The van der Waals surface area contributed by atoms with Crippen LogP contribution in [0.5, 0.6) is 0 Å². The van der Waals surface area contributed by atoms with E-state index >= 15 is 0 Å². The highest BCUT2D eigenvalue weighted by molar-refractivity contribution is 7.18. The van der Waals surface area contributed by atoms with Crippen LogP contribution in [0.2, 0.25) is 0 Å². The summed E-state index contributed by atoms with van der Waals surface area (Å²) in [6.07, 6.45) is 4.36. The summed E-state index contributed by atoms with van der Waals surface area (Å²) in [5, 5.41) is 12.3. The fourth-order valence-electron chi connectivity index (χ4n) is 3.16. The third-order valence-electron chi connectivity index (χ3n) is 4.35. The van der Waals surface area contributed by atoms with Crippen molar-refractivity contribution < 1.29 is 4.79 Å². The second-order valence-corrected chi connectivity index (χ2v) is 8.04. The summed E-state index contributed by atoms with van der Waals surface area (Å²) < 4.78 is 1.32. The number of thiophene rings is 1. The van der Waals surface area contributed by atoms with Crippen LogP contribution in [0, 0.1) is 18.3 Å². The lowest BCUT2D eigenvalue weighted by molar-refractivity contribution is -0.120. The quantitative estimate of drug-likeness (QED) is 0.704. The first-order valence-corrected chi connectivity index (χ1v) is 9.62. The van der Waals surface area contributed by atoms with Crippen LogP contribution in [-0.4, -0.2) is 20.3 Å². The lowest BCUT2D eigenvalue weighted by Crippen LogP contribution is -2.27. The fourth-order valence-corrected chi connectivity index (χ4v) is 5.24. The van der Waals surface area contributed by atoms with E-state index in [2.05, 4.69) is 9.97 Å². The van der Waals surface area contributed by atoms with Gasteiger partial charge in [-0.25, -0.2) is 9.97 Å². The van der Waals surface area contributed by atoms with Crippen LogP contribution in [0.1, 0.15) is 33.5 Å². The molecule has 3 heterocycles. The maximum Gasteiger partial charge on any atom is 0.262 e. The van der Waals surface area contributed by atoms with Gasteiger partial charge in [0, 0.05) is 16.0 Å². The Kier molecular flexibility index (Phi) is 3.98. The largest absolute Gasteiger partial charge is 0.296 e. The summed E-state index contributed by atoms with van der Waals surface area (Å²) in [6, 6.07) is 2.01. The lowest BCUT2D eigenvalue weighted by Gasteiger charge is -2.08. The topological polar surface area (TPSA) is 88.6 Å². The molecule has 25 heavy (non-hydrogen) atoms. The van der Waals surface area contributed by atoms with Gasteiger partial charge in [-0.2, -0.15) is 5.26 Å². The molecule has 1 aliphatic carbocycles. The molecule has 0 aromatic carbocycles. The predicted molar refractivity (Wildman–Crippen MR) is 96.1 cm³/mol. The van der Waals surface area contributed by atoms with Gasteiger partial charge in [-0.1, -0.05) is 0 Å². The molecule has 0 fully saturated rings. The Morgan fingerprint density at radius 3 is 3.04 bits per heavy atom. The van der Waals surface area contributed by atoms with Crippen molar-refractivity contribution in [1.82, 2.24) is 14.5 Å². The second kappa shape index (κ2) is 6.17. The fraction of sp³-hybridized carbons (Fsp3) is 0.353. The van der Waals surface area contributed by atoms with Gasteiger partial charge in [-0.3, -0.25) is 14.2 Å². The molecule has 3 aromatic rings. The monoisotopic (exact) mass is 370 g/mol. The summed E-state index contributed by atoms with van der Waals surface area (Å²) in [6.45, 7) is 1.65. The van der Waals surface area contributed by atoms with Gasteiger partial charge in [0.05, 0.1) is 24.3 Å². The van der Waals surface area contributed by atoms with Crippen LogP contribution in [0.25, 0.3) is 10.2 Å². The number of nitrogens with zero attached hydrogens (tertiary/aromatic N) is 4. The standard InChI is InChI=1S/C17H14N4O2S2/c1-9-7-24-15(20-9)11(5-18)12(22)6-21-8-19-16-14(17(21)23)10-3-2-4-13(10)25-16/h7-8,11H,2-4,6H2,1H3. The molecule has 0 radical (unpaired) electrons. The highest BCUT2D eigenvalue weighted by Gasteiger charge is 2.25. The van der Waals surface area contributed by atoms with Crippen molar-refractivity contribution in [3.8, 4) is 6.07 Å². The molecule has 1 unspecified atom stereocenters. The Bertz CT molecular complexity index is 1090. The number of aromatic nitrogens is 3. The zero-order valence-corrected chi connectivity index (χ0v) is 15.1. The van der Waals surface area contributed by atoms with Gasteiger partial charge < -0.3 is 0 Å². The average Bonchev–Trinajstić information content (AvgIpc) is 3.27. The van der Waals surface area contributed by atoms with Gasteiger partial charge in [0.2, 0.25) is 0 Å². The molecule has 6 nitrogen and oxygen atoms in total. The van der Waals surface area contributed by atoms with E-state index in [1.165, 1.54) is 27.1 Å². The number of hydrogen-bond donors (Lipinski definition) is 0. The van der Waals surface area contributed by atoms with Crippen molar-refractivity contribution in [3.05, 3.63) is 43.2 Å². The minimum Gasteiger partial charge on any atom is -0.296 e. The minimum absolute atomic E-state index is 0.163. The van der Waals surface area contributed by atoms with Crippen LogP contribution in [0.3, 0.4) is 0 Å². The first kappa shape index (κ1) is 16.1. The van der Waals surface area contributed by atoms with Crippen molar-refractivity contribution in [2.24, 2.45) is 0 Å². The number of carbonyl (C=O) groups is 1. The van der Waals surface area contributed by atoms with E-state index in [0.29, 0.717) is 10.4 Å². The van der Waals surface area contributed by atoms with Crippen LogP contribution in [-0.2, 0) is 24.2 Å². The summed E-state index contributed by atoms with van der Waals surface area (Å²) in [5.41, 5.74) is 1.68. The number of Topliss-reactive ketones (excluding diaryl/α,β-unsaturated/α-hetero) is 1. The van der Waals surface area contributed by atoms with Crippen molar-refractivity contribution in [3.63, 3.8) is 0 Å². The van der Waals surface area contributed by atoms with E-state index in [-0.39, 0.29) is 17.9 Å². The number of fused-ring (bicyclic) bond motifs is 3. The molecule has 0 amide bonds. The molecule has 0 spiro atoms. The minimum atomic E-state index is -0.950. The molecular weight excluding hydrogens is 356 g/mol. The number of thiazole rings is 1. The molecule has 1 aliphatic rings. The molecule has 0 N–H and O–H groups in total. The van der Waals surface area contributed by atoms with Gasteiger partial charge in [-0.15, -0.1) is 22.7 Å². The molecule has 1 atom stereocenters. The van der Waals surface area contributed by atoms with E-state index in [4.69, 9.17) is 0 Å². The van der Waals surface area contributed by atoms with Gasteiger partial charge in [0.1, 0.15) is 9.84 Å². The molecule has 3 aromatic heterocycles. The summed E-state index contributed by atoms with van der Waals surface area (Å²) >= 11 is 2.86. The third-order valence-corrected chi connectivity index (χ3v) is 6.58. The molecule has 4 rings (SSSR count). The summed E-state index contributed by atoms with van der Waals surface area (Å²) in [4.78, 5) is 35.9. The number of hydrogen-bond acceptors (Lipinski definition) is 7. The van der Waals surface area contributed by atoms with E-state index in [9.17, 15) is 14.9 Å². The lowest BCUT2D eigenvalue weighted by atomic mass is 10.1. The van der Waals surface area contributed by atoms with Crippen molar-refractivity contribution >= 4 is 38.7 Å². The number of aryl methyl sites for hydroxylation is 3. The molecule has 126 valence electrons. The predicted octanol–water partition coefficient (Wildman–Crippen LogP) is 2.59. The summed E-state index contributed by atoms with van der Waals surface area (Å²) in [7, 11) is 0. The second-order valence-electron chi connectivity index (χ2n) is 6.07. The first-order chi connectivity index (χ1) is 12.1. The van der Waals surface area contributed by atoms with Gasteiger partial charge in [-0.05, 0) is 31.7 Å². The Hall–Kier alpha value is -2.37. The van der Waals surface area contributed by atoms with Crippen LogP contribution in [0.4, 0.5) is 0 Å². The first-order valence-electron chi connectivity index (χ1n) is 7.92. The molecular formula is C17H14N4O2S2. The SMILES string of the molecule is Cc1csc(C(C#N)C(=O)Cn2cnc3sc4c(c3c2=O)CCC4)n1. The number of ketones is 1. The number of rotatable bonds is 4. The summed E-state index contributed by atoms with van der Waals surface area (Å²) in [5.74, 6) is -1.29. The molecule has 0 saturated carbocycles. The van der Waals surface area contributed by atoms with Crippen molar-refractivity contribution in [1.29, 1.82) is 5.26 Å². The molecule has 0 aliphatic heterocycles.